The maximum absolute atomic E-state index is 13.3. The third-order valence-corrected chi connectivity index (χ3v) is 9.68. The molecule has 6 rings (SSSR count). The first kappa shape index (κ1) is 39.2. The van der Waals surface area contributed by atoms with E-state index < -0.39 is 41.7 Å². The van der Waals surface area contributed by atoms with Gasteiger partial charge in [-0.05, 0) is 70.1 Å². The van der Waals surface area contributed by atoms with Gasteiger partial charge in [-0.1, -0.05) is 87.5 Å². The average molecular weight is 750 g/mol. The molecule has 1 amide bonds. The van der Waals surface area contributed by atoms with Crippen molar-refractivity contribution in [2.75, 3.05) is 39.9 Å². The van der Waals surface area contributed by atoms with Crippen LogP contribution in [0.2, 0.25) is 0 Å². The van der Waals surface area contributed by atoms with Gasteiger partial charge in [-0.25, -0.2) is 4.79 Å². The lowest BCUT2D eigenvalue weighted by molar-refractivity contribution is -0.118. The predicted molar refractivity (Wildman–Crippen MR) is 207 cm³/mol. The maximum Gasteiger partial charge on any atom is 0.351 e. The van der Waals surface area contributed by atoms with E-state index in [0.717, 1.165) is 26.8 Å². The molecule has 4 aromatic carbocycles. The Hall–Kier alpha value is -5.53. The predicted octanol–water partition coefficient (Wildman–Crippen LogP) is 5.86. The molecule has 12 heteroatoms. The van der Waals surface area contributed by atoms with Crippen LogP contribution in [0.3, 0.4) is 0 Å². The zero-order chi connectivity index (χ0) is 39.2. The van der Waals surface area contributed by atoms with Crippen LogP contribution < -0.4 is 25.2 Å². The Morgan fingerprint density at radius 1 is 0.782 bits per heavy atom. The first-order chi connectivity index (χ1) is 26.5. The Balaban J connectivity index is 1.21. The third-order valence-electron chi connectivity index (χ3n) is 9.68. The lowest BCUT2D eigenvalue weighted by Crippen LogP contribution is -2.40. The van der Waals surface area contributed by atoms with Crippen LogP contribution in [0.5, 0.6) is 17.2 Å². The fourth-order valence-electron chi connectivity index (χ4n) is 6.71. The average Bonchev–Trinajstić information content (AvgIpc) is 3.52. The topological polar surface area (TPSA) is 140 Å². The highest BCUT2D eigenvalue weighted by Gasteiger charge is 2.47. The first-order valence-corrected chi connectivity index (χ1v) is 17.9. The van der Waals surface area contributed by atoms with Crippen molar-refractivity contribution in [3.8, 4) is 17.2 Å². The van der Waals surface area contributed by atoms with Gasteiger partial charge in [-0.3, -0.25) is 9.36 Å². The Bertz CT molecular complexity index is 2030. The van der Waals surface area contributed by atoms with Crippen molar-refractivity contribution in [3.05, 3.63) is 148 Å². The molecule has 0 unspecified atom stereocenters. The van der Waals surface area contributed by atoms with E-state index in [1.165, 1.54) is 19.4 Å². The Kier molecular flexibility index (Phi) is 12.0. The molecule has 5 aromatic rings. The smallest absolute Gasteiger partial charge is 0.351 e. The molecular weight excluding hydrogens is 702 g/mol. The summed E-state index contributed by atoms with van der Waals surface area (Å²) in [6.45, 7) is 6.02. The molecule has 1 aromatic heterocycles. The van der Waals surface area contributed by atoms with E-state index in [2.05, 4.69) is 31.1 Å². The number of amides is 1. The number of benzene rings is 4. The first-order valence-electron chi connectivity index (χ1n) is 17.9. The summed E-state index contributed by atoms with van der Waals surface area (Å²) in [5.41, 5.74) is 1.71. The number of rotatable bonds is 14. The minimum Gasteiger partial charge on any atom is -0.497 e. The summed E-state index contributed by atoms with van der Waals surface area (Å²) < 4.78 is 36.8. The van der Waals surface area contributed by atoms with Crippen LogP contribution >= 0.6 is 0 Å². The normalized spacial score (nSPS) is 18.5. The van der Waals surface area contributed by atoms with Crippen molar-refractivity contribution >= 4 is 11.7 Å². The number of carbonyl (C=O) groups excluding carboxylic acids is 1. The van der Waals surface area contributed by atoms with Crippen LogP contribution in [0.1, 0.15) is 49.3 Å². The molecular formula is C43H47N3O9. The van der Waals surface area contributed by atoms with E-state index in [1.807, 2.05) is 103 Å². The maximum atomic E-state index is 13.3. The molecule has 1 saturated heterocycles. The van der Waals surface area contributed by atoms with E-state index in [9.17, 15) is 14.7 Å². The van der Waals surface area contributed by atoms with Gasteiger partial charge in [0, 0.05) is 13.3 Å². The van der Waals surface area contributed by atoms with Crippen molar-refractivity contribution in [1.82, 2.24) is 9.55 Å². The van der Waals surface area contributed by atoms with Gasteiger partial charge < -0.3 is 38.8 Å². The van der Waals surface area contributed by atoms with Gasteiger partial charge in [0.1, 0.15) is 47.0 Å². The van der Waals surface area contributed by atoms with E-state index in [0.29, 0.717) is 17.2 Å². The third kappa shape index (κ3) is 8.58. The number of anilines is 1. The molecule has 0 radical (unpaired) electrons. The number of aromatic nitrogens is 2. The number of hydrogen-bond donors (Lipinski definition) is 2. The van der Waals surface area contributed by atoms with Gasteiger partial charge in [-0.2, -0.15) is 4.98 Å². The molecule has 0 aliphatic carbocycles. The number of ether oxygens (including phenoxy) is 6. The van der Waals surface area contributed by atoms with E-state index in [-0.39, 0.29) is 24.4 Å². The zero-order valence-electron chi connectivity index (χ0n) is 31.8. The lowest BCUT2D eigenvalue weighted by Gasteiger charge is -2.37. The second kappa shape index (κ2) is 16.9. The number of carbonyl (C=O) groups is 1. The SMILES string of the molecule is COc1ccc(C(OC[C@H]2O[C@@H](n3ccc(NC(=O)COc4ccc(C(C)(C)C)cc4)nc3=O)[C@H](O)[C@H]2OC)(c2ccccc2)c2ccc(OC)cc2)cc1. The molecule has 1 aliphatic heterocycles. The number of hydrogen-bond acceptors (Lipinski definition) is 10. The molecule has 0 spiro atoms. The van der Waals surface area contributed by atoms with Crippen molar-refractivity contribution in [3.63, 3.8) is 0 Å². The largest absolute Gasteiger partial charge is 0.497 e. The Labute approximate surface area is 320 Å². The summed E-state index contributed by atoms with van der Waals surface area (Å²) in [5, 5.41) is 14.0. The monoisotopic (exact) mass is 749 g/mol. The molecule has 0 bridgehead atoms. The van der Waals surface area contributed by atoms with E-state index in [4.69, 9.17) is 28.4 Å². The fourth-order valence-corrected chi connectivity index (χ4v) is 6.71. The van der Waals surface area contributed by atoms with Crippen LogP contribution in [0.15, 0.2) is 120 Å². The number of nitrogens with one attached hydrogen (secondary N) is 1. The van der Waals surface area contributed by atoms with Crippen LogP contribution in [0, 0.1) is 0 Å². The highest BCUT2D eigenvalue weighted by Crippen LogP contribution is 2.43. The van der Waals surface area contributed by atoms with Crippen LogP contribution in [0.25, 0.3) is 0 Å². The van der Waals surface area contributed by atoms with Gasteiger partial charge >= 0.3 is 5.69 Å². The molecule has 55 heavy (non-hydrogen) atoms. The molecule has 2 N–H and O–H groups in total. The molecule has 1 fully saturated rings. The van der Waals surface area contributed by atoms with Crippen LogP contribution in [-0.2, 0) is 30.0 Å². The summed E-state index contributed by atoms with van der Waals surface area (Å²) in [7, 11) is 4.68. The Morgan fingerprint density at radius 3 is 1.85 bits per heavy atom. The molecule has 0 saturated carbocycles. The van der Waals surface area contributed by atoms with Gasteiger partial charge in [0.05, 0.1) is 20.8 Å². The highest BCUT2D eigenvalue weighted by atomic mass is 16.6. The van der Waals surface area contributed by atoms with Gasteiger partial charge in [0.25, 0.3) is 5.91 Å². The zero-order valence-corrected chi connectivity index (χ0v) is 31.8. The minimum absolute atomic E-state index is 0.00942. The number of nitrogens with zero attached hydrogens (tertiary/aromatic N) is 2. The standard InChI is InChI=1S/C43H47N3O9/c1-42(2,3)28-12-22-34(23-13-28)53-27-37(47)44-36-24-25-46(41(49)45-36)40-38(48)39(52-6)35(55-40)26-54-43(29-10-8-7-9-11-29,30-14-18-32(50-4)19-15-30)31-16-20-33(51-5)21-17-31/h7-25,35,38-40,48H,26-27H2,1-6H3,(H,44,45,47,49)/t35-,38-,39+,40-/m1/s1. The van der Waals surface area contributed by atoms with E-state index in [1.54, 1.807) is 14.2 Å². The van der Waals surface area contributed by atoms with Gasteiger partial charge in [-0.15, -0.1) is 0 Å². The second-order valence-electron chi connectivity index (χ2n) is 14.2. The summed E-state index contributed by atoms with van der Waals surface area (Å²) in [6, 6.07) is 34.0. The van der Waals surface area contributed by atoms with Crippen molar-refractivity contribution in [2.45, 2.75) is 56.3 Å². The van der Waals surface area contributed by atoms with Crippen molar-refractivity contribution in [1.29, 1.82) is 0 Å². The van der Waals surface area contributed by atoms with E-state index >= 15 is 0 Å². The molecule has 4 atom stereocenters. The number of aliphatic hydroxyl groups is 1. The molecule has 2 heterocycles. The van der Waals surface area contributed by atoms with Crippen molar-refractivity contribution in [2.24, 2.45) is 0 Å². The van der Waals surface area contributed by atoms with Crippen LogP contribution in [0.4, 0.5) is 5.82 Å². The minimum atomic E-state index is -1.26. The summed E-state index contributed by atoms with van der Waals surface area (Å²) >= 11 is 0. The molecule has 1 aliphatic rings. The summed E-state index contributed by atoms with van der Waals surface area (Å²) in [6.07, 6.45) is -2.69. The van der Waals surface area contributed by atoms with Crippen LogP contribution in [-0.4, -0.2) is 73.4 Å². The quantitative estimate of drug-likeness (QED) is 0.133. The second-order valence-corrected chi connectivity index (χ2v) is 14.2. The molecule has 288 valence electrons. The van der Waals surface area contributed by atoms with Crippen molar-refractivity contribution < 1.29 is 38.3 Å². The lowest BCUT2D eigenvalue weighted by atomic mass is 9.80. The highest BCUT2D eigenvalue weighted by molar-refractivity contribution is 5.90. The molecule has 12 nitrogen and oxygen atoms in total. The van der Waals surface area contributed by atoms with Gasteiger partial charge in [0.2, 0.25) is 0 Å². The number of methoxy groups -OCH3 is 3. The Morgan fingerprint density at radius 2 is 1.33 bits per heavy atom. The summed E-state index contributed by atoms with van der Waals surface area (Å²) in [4.78, 5) is 30.0. The summed E-state index contributed by atoms with van der Waals surface area (Å²) in [5.74, 6) is 1.45. The van der Waals surface area contributed by atoms with Gasteiger partial charge in [0.15, 0.2) is 12.8 Å². The number of aliphatic hydroxyl groups excluding tert-OH is 1. The fraction of sp³-hybridized carbons (Fsp3) is 0.326.